The summed E-state index contributed by atoms with van der Waals surface area (Å²) in [6.45, 7) is 0.218. The quantitative estimate of drug-likeness (QED) is 0.290. The van der Waals surface area contributed by atoms with Gasteiger partial charge in [-0.1, -0.05) is 0 Å². The molecule has 6 nitrogen and oxygen atoms in total. The van der Waals surface area contributed by atoms with E-state index in [2.05, 4.69) is 0 Å². The average molecular weight is 128 g/mol. The molecule has 0 aromatic carbocycles. The van der Waals surface area contributed by atoms with E-state index >= 15 is 0 Å². The predicted molar refractivity (Wildman–Crippen MR) is 32.4 cm³/mol. The number of nitrogens with one attached hydrogen (secondary N) is 2. The summed E-state index contributed by atoms with van der Waals surface area (Å²) in [6, 6.07) is 0. The van der Waals surface area contributed by atoms with Gasteiger partial charge in [-0.15, -0.1) is 0 Å². The summed E-state index contributed by atoms with van der Waals surface area (Å²) in [6.07, 6.45) is 0. The third-order valence-electron chi connectivity index (χ3n) is 1.11. The highest BCUT2D eigenvalue weighted by molar-refractivity contribution is 6.03. The van der Waals surface area contributed by atoms with Gasteiger partial charge in [0.05, 0.1) is 6.54 Å². The van der Waals surface area contributed by atoms with Crippen molar-refractivity contribution in [2.45, 2.75) is 0 Å². The maximum absolute atomic E-state index is 7.05. The van der Waals surface area contributed by atoms with Crippen LogP contribution in [0.1, 0.15) is 0 Å². The third-order valence-corrected chi connectivity index (χ3v) is 1.11. The molecule has 0 atom stereocenters. The second kappa shape index (κ2) is 1.67. The molecule has 0 radical (unpaired) electrons. The van der Waals surface area contributed by atoms with Gasteiger partial charge in [-0.3, -0.25) is 15.8 Å². The molecular weight excluding hydrogens is 120 g/mol. The molecule has 0 saturated carbocycles. The monoisotopic (exact) mass is 128 g/mol. The van der Waals surface area contributed by atoms with Crippen LogP contribution in [0.15, 0.2) is 0 Å². The van der Waals surface area contributed by atoms with Gasteiger partial charge in [0, 0.05) is 0 Å². The van der Waals surface area contributed by atoms with Crippen LogP contribution in [0, 0.1) is 10.8 Å². The number of nitrogens with two attached hydrogens (primary N) is 2. The van der Waals surface area contributed by atoms with Gasteiger partial charge in [0.15, 0.2) is 0 Å². The summed E-state index contributed by atoms with van der Waals surface area (Å²) in [4.78, 5) is 0. The highest BCUT2D eigenvalue weighted by atomic mass is 15.6. The van der Waals surface area contributed by atoms with Crippen LogP contribution in [0.4, 0.5) is 0 Å². The third kappa shape index (κ3) is 0.734. The van der Waals surface area contributed by atoms with Crippen LogP contribution in [0.5, 0.6) is 0 Å². The Morgan fingerprint density at radius 1 is 1.33 bits per heavy atom. The Labute approximate surface area is 52.0 Å². The number of rotatable bonds is 0. The number of hydrogen-bond acceptors (Lipinski definition) is 4. The van der Waals surface area contributed by atoms with E-state index < -0.39 is 0 Å². The number of nitrogens with zero attached hydrogens (tertiary/aromatic N) is 2. The van der Waals surface area contributed by atoms with E-state index in [1.165, 1.54) is 0 Å². The zero-order chi connectivity index (χ0) is 7.02. The smallest absolute Gasteiger partial charge is 0.229 e. The lowest BCUT2D eigenvalue weighted by molar-refractivity contribution is 0.486. The van der Waals surface area contributed by atoms with Gasteiger partial charge in [0.1, 0.15) is 5.84 Å². The summed E-state index contributed by atoms with van der Waals surface area (Å²) in [5.74, 6) is 10.5. The number of hydrogen-bond donors (Lipinski definition) is 4. The zero-order valence-corrected chi connectivity index (χ0v) is 4.76. The fraction of sp³-hybridized carbons (Fsp3) is 0.333. The molecule has 1 aliphatic heterocycles. The summed E-state index contributed by atoms with van der Waals surface area (Å²) in [5, 5.41) is 16.1. The van der Waals surface area contributed by atoms with Crippen molar-refractivity contribution in [3.8, 4) is 0 Å². The van der Waals surface area contributed by atoms with Crippen molar-refractivity contribution in [2.24, 2.45) is 11.7 Å². The van der Waals surface area contributed by atoms with Crippen molar-refractivity contribution in [3.05, 3.63) is 0 Å². The molecule has 0 aromatic heterocycles. The Morgan fingerprint density at radius 2 is 1.89 bits per heavy atom. The lowest BCUT2D eigenvalue weighted by atomic mass is 10.6. The Morgan fingerprint density at radius 3 is 2.00 bits per heavy atom. The molecule has 0 aliphatic carbocycles. The van der Waals surface area contributed by atoms with Crippen LogP contribution >= 0.6 is 0 Å². The Balaban J connectivity index is 2.77. The fourth-order valence-electron chi connectivity index (χ4n) is 0.579. The van der Waals surface area contributed by atoms with Crippen molar-refractivity contribution in [1.82, 2.24) is 10.0 Å². The minimum absolute atomic E-state index is 0.0417. The topological polar surface area (TPSA) is 106 Å². The first kappa shape index (κ1) is 5.99. The van der Waals surface area contributed by atoms with E-state index in [4.69, 9.17) is 22.5 Å². The van der Waals surface area contributed by atoms with Gasteiger partial charge >= 0.3 is 0 Å². The van der Waals surface area contributed by atoms with Crippen LogP contribution in [0.2, 0.25) is 0 Å². The standard InChI is InChI=1S/C3H8N6/c4-2-1-8(6)3(5)9(2)7/h4-5H,1,6-7H2. The van der Waals surface area contributed by atoms with Crippen LogP contribution in [0.25, 0.3) is 0 Å². The van der Waals surface area contributed by atoms with Gasteiger partial charge in [-0.2, -0.15) is 0 Å². The maximum atomic E-state index is 7.05. The molecule has 50 valence electrons. The van der Waals surface area contributed by atoms with E-state index in [1.807, 2.05) is 0 Å². The fourth-order valence-corrected chi connectivity index (χ4v) is 0.579. The molecule has 9 heavy (non-hydrogen) atoms. The lowest BCUT2D eigenvalue weighted by Gasteiger charge is -2.09. The molecule has 0 unspecified atom stereocenters. The van der Waals surface area contributed by atoms with Gasteiger partial charge in [0.25, 0.3) is 0 Å². The van der Waals surface area contributed by atoms with E-state index in [0.29, 0.717) is 0 Å². The van der Waals surface area contributed by atoms with Crippen LogP contribution < -0.4 is 11.7 Å². The minimum atomic E-state index is -0.0417. The molecule has 0 amide bonds. The SMILES string of the molecule is N=C1CN(N)C(=N)N1N. The van der Waals surface area contributed by atoms with Crippen molar-refractivity contribution in [2.75, 3.05) is 6.54 Å². The molecule has 0 aromatic rings. The second-order valence-corrected chi connectivity index (χ2v) is 1.77. The molecule has 6 heteroatoms. The van der Waals surface area contributed by atoms with Crippen molar-refractivity contribution in [1.29, 1.82) is 10.8 Å². The van der Waals surface area contributed by atoms with E-state index in [-0.39, 0.29) is 18.3 Å². The summed E-state index contributed by atoms with van der Waals surface area (Å²) >= 11 is 0. The molecule has 0 bridgehead atoms. The van der Waals surface area contributed by atoms with E-state index in [0.717, 1.165) is 10.0 Å². The largest absolute Gasteiger partial charge is 0.285 e. The van der Waals surface area contributed by atoms with Crippen LogP contribution in [0.3, 0.4) is 0 Å². The van der Waals surface area contributed by atoms with Crippen LogP contribution in [-0.4, -0.2) is 28.4 Å². The first-order valence-electron chi connectivity index (χ1n) is 2.36. The summed E-state index contributed by atoms with van der Waals surface area (Å²) < 4.78 is 0. The van der Waals surface area contributed by atoms with Crippen LogP contribution in [-0.2, 0) is 0 Å². The molecule has 1 heterocycles. The summed E-state index contributed by atoms with van der Waals surface area (Å²) in [7, 11) is 0. The zero-order valence-electron chi connectivity index (χ0n) is 4.76. The maximum Gasteiger partial charge on any atom is 0.229 e. The van der Waals surface area contributed by atoms with Crippen molar-refractivity contribution >= 4 is 11.8 Å². The van der Waals surface area contributed by atoms with E-state index in [1.54, 1.807) is 0 Å². The average Bonchev–Trinajstić information content (AvgIpc) is 1.98. The Hall–Kier alpha value is -1.14. The molecule has 1 rings (SSSR count). The number of guanidine groups is 1. The van der Waals surface area contributed by atoms with Gasteiger partial charge in [-0.05, 0) is 0 Å². The molecule has 6 N–H and O–H groups in total. The molecule has 0 spiro atoms. The lowest BCUT2D eigenvalue weighted by Crippen LogP contribution is -2.41. The minimum Gasteiger partial charge on any atom is -0.285 e. The highest BCUT2D eigenvalue weighted by Gasteiger charge is 2.24. The van der Waals surface area contributed by atoms with Gasteiger partial charge in [0.2, 0.25) is 5.96 Å². The number of hydrazine groups is 2. The van der Waals surface area contributed by atoms with Crippen molar-refractivity contribution in [3.63, 3.8) is 0 Å². The van der Waals surface area contributed by atoms with Gasteiger partial charge < -0.3 is 0 Å². The Kier molecular flexibility index (Phi) is 1.11. The van der Waals surface area contributed by atoms with Gasteiger partial charge in [-0.25, -0.2) is 16.7 Å². The molecule has 1 aliphatic rings. The van der Waals surface area contributed by atoms with Crippen molar-refractivity contribution < 1.29 is 0 Å². The first-order valence-corrected chi connectivity index (χ1v) is 2.36. The molecule has 1 saturated heterocycles. The Bertz CT molecular complexity index is 162. The number of amidine groups is 1. The highest BCUT2D eigenvalue weighted by Crippen LogP contribution is 1.97. The first-order chi connectivity index (χ1) is 4.13. The predicted octanol–water partition coefficient (Wildman–Crippen LogP) is -1.74. The second-order valence-electron chi connectivity index (χ2n) is 1.77. The normalized spacial score (nSPS) is 19.8. The molecular formula is C3H8N6. The molecule has 1 fully saturated rings. The van der Waals surface area contributed by atoms with E-state index in [9.17, 15) is 0 Å². The summed E-state index contributed by atoms with van der Waals surface area (Å²) in [5.41, 5.74) is 0.